The number of amides is 1. The molecule has 0 radical (unpaired) electrons. The number of nitrogens with zero attached hydrogens (tertiary/aromatic N) is 2. The van der Waals surface area contributed by atoms with Gasteiger partial charge in [0.05, 0.1) is 29.5 Å². The molecular weight excluding hydrogens is 557 g/mol. The molecule has 42 heavy (non-hydrogen) atoms. The number of pyridine rings is 2. The largest absolute Gasteiger partial charge is 0.458 e. The summed E-state index contributed by atoms with van der Waals surface area (Å²) in [6.45, 7) is 3.75. The maximum Gasteiger partial charge on any atom is 0.343 e. The van der Waals surface area contributed by atoms with Gasteiger partial charge in [0.15, 0.2) is 11.7 Å². The van der Waals surface area contributed by atoms with Crippen LogP contribution in [0.5, 0.6) is 0 Å². The molecule has 7 rings (SSSR count). The lowest BCUT2D eigenvalue weighted by molar-refractivity contribution is -0.172. The minimum atomic E-state index is -1.84. The first-order valence-corrected chi connectivity index (χ1v) is 14.4. The van der Waals surface area contributed by atoms with E-state index in [2.05, 4.69) is 5.32 Å². The van der Waals surface area contributed by atoms with Gasteiger partial charge in [0.1, 0.15) is 17.1 Å². The zero-order valence-corrected chi connectivity index (χ0v) is 23.8. The van der Waals surface area contributed by atoms with Crippen molar-refractivity contribution in [3.63, 3.8) is 0 Å². The minimum absolute atomic E-state index is 0.0428. The van der Waals surface area contributed by atoms with E-state index in [1.165, 1.54) is 6.07 Å². The van der Waals surface area contributed by atoms with Crippen LogP contribution >= 0.6 is 12.2 Å². The fourth-order valence-corrected chi connectivity index (χ4v) is 7.07. The molecule has 0 fully saturated rings. The second kappa shape index (κ2) is 9.52. The Morgan fingerprint density at radius 3 is 2.76 bits per heavy atom. The highest BCUT2D eigenvalue weighted by Gasteiger charge is 2.45. The Morgan fingerprint density at radius 2 is 2.02 bits per heavy atom. The number of carbonyl (C=O) groups is 2. The van der Waals surface area contributed by atoms with Gasteiger partial charge in [-0.15, -0.1) is 0 Å². The Labute approximate surface area is 245 Å². The number of aliphatic hydroxyl groups is 2. The number of benzene rings is 2. The normalized spacial score (nSPS) is 20.9. The summed E-state index contributed by atoms with van der Waals surface area (Å²) in [5.74, 6) is -1.61. The van der Waals surface area contributed by atoms with Crippen molar-refractivity contribution >= 4 is 35.0 Å². The predicted molar refractivity (Wildman–Crippen MR) is 154 cm³/mol. The summed E-state index contributed by atoms with van der Waals surface area (Å²) in [6.07, 6.45) is -0.211. The SMILES string of the molecule is CC[C@@]1(O)C(=O)OCc2c1cc1n(c2=S)Cc2c-1nc1cc(F)c(C)c3c1c2[C@@H](NC(=O)C(O)c1ccccc1)CC3. The smallest absolute Gasteiger partial charge is 0.343 e. The minimum Gasteiger partial charge on any atom is -0.458 e. The number of fused-ring (bicyclic) bond motifs is 5. The fourth-order valence-electron chi connectivity index (χ4n) is 6.74. The molecule has 1 aliphatic carbocycles. The third-order valence-electron chi connectivity index (χ3n) is 9.06. The van der Waals surface area contributed by atoms with Gasteiger partial charge in [-0.2, -0.15) is 0 Å². The molecule has 1 amide bonds. The molecule has 4 heterocycles. The summed E-state index contributed by atoms with van der Waals surface area (Å²) >= 11 is 5.87. The van der Waals surface area contributed by atoms with Crippen LogP contribution in [0.15, 0.2) is 42.5 Å². The molecule has 2 aromatic heterocycles. The van der Waals surface area contributed by atoms with Gasteiger partial charge in [-0.3, -0.25) is 4.79 Å². The number of ether oxygens (including phenoxy) is 1. The number of aryl methyl sites for hydroxylation is 1. The van der Waals surface area contributed by atoms with E-state index in [4.69, 9.17) is 21.9 Å². The maximum absolute atomic E-state index is 15.1. The lowest BCUT2D eigenvalue weighted by Crippen LogP contribution is -2.41. The monoisotopic (exact) mass is 585 g/mol. The lowest BCUT2D eigenvalue weighted by Gasteiger charge is -2.32. The highest BCUT2D eigenvalue weighted by Crippen LogP contribution is 2.47. The van der Waals surface area contributed by atoms with Gasteiger partial charge in [0.25, 0.3) is 5.91 Å². The van der Waals surface area contributed by atoms with Crippen molar-refractivity contribution in [2.45, 2.75) is 64.0 Å². The standard InChI is InChI=1S/C32H28FN3O5S/c1-3-32(40)20-11-24-27-18(13-36(24)30(42)19(20)14-41-31(32)39)26-22(35-29(38)28(37)16-7-5-4-6-8-16)10-9-17-15(2)21(33)12-23(34-27)25(17)26/h4-8,11-12,22,28,37,40H,3,9-10,13-14H2,1-2H3,(H,35,38)/t22-,28?,32-/m0/s1. The number of esters is 1. The molecule has 0 saturated carbocycles. The van der Waals surface area contributed by atoms with Crippen LogP contribution in [0.1, 0.15) is 70.9 Å². The summed E-state index contributed by atoms with van der Waals surface area (Å²) in [5.41, 5.74) is 4.27. The van der Waals surface area contributed by atoms with Crippen LogP contribution < -0.4 is 5.32 Å². The van der Waals surface area contributed by atoms with Crippen LogP contribution in [0.3, 0.4) is 0 Å². The van der Waals surface area contributed by atoms with Crippen molar-refractivity contribution in [3.05, 3.63) is 91.9 Å². The number of carbonyl (C=O) groups excluding carboxylic acids is 2. The van der Waals surface area contributed by atoms with Crippen molar-refractivity contribution in [1.29, 1.82) is 0 Å². The molecule has 3 N–H and O–H groups in total. The number of nitrogens with one attached hydrogen (secondary N) is 1. The Balaban J connectivity index is 1.42. The van der Waals surface area contributed by atoms with Gasteiger partial charge in [0.2, 0.25) is 0 Å². The third-order valence-corrected chi connectivity index (χ3v) is 9.52. The summed E-state index contributed by atoms with van der Waals surface area (Å²) in [4.78, 5) is 30.9. The first-order valence-electron chi connectivity index (χ1n) is 14.0. The maximum atomic E-state index is 15.1. The molecule has 2 aromatic carbocycles. The van der Waals surface area contributed by atoms with Crippen LogP contribution in [-0.4, -0.2) is 31.6 Å². The molecule has 10 heteroatoms. The fraction of sp³-hybridized carbons (Fsp3) is 0.312. The molecule has 0 bridgehead atoms. The predicted octanol–water partition coefficient (Wildman–Crippen LogP) is 4.73. The number of hydrogen-bond donors (Lipinski definition) is 3. The summed E-state index contributed by atoms with van der Waals surface area (Å²) < 4.78 is 22.8. The van der Waals surface area contributed by atoms with Crippen molar-refractivity contribution < 1.29 is 28.9 Å². The van der Waals surface area contributed by atoms with Gasteiger partial charge in [0, 0.05) is 28.1 Å². The van der Waals surface area contributed by atoms with E-state index in [1.807, 2.05) is 10.6 Å². The van der Waals surface area contributed by atoms with Crippen molar-refractivity contribution in [1.82, 2.24) is 14.9 Å². The Kier molecular flexibility index (Phi) is 6.09. The first kappa shape index (κ1) is 26.9. The van der Waals surface area contributed by atoms with Crippen molar-refractivity contribution in [3.8, 4) is 11.4 Å². The summed E-state index contributed by atoms with van der Waals surface area (Å²) in [5, 5.41) is 26.0. The van der Waals surface area contributed by atoms with Crippen LogP contribution in [0.4, 0.5) is 4.39 Å². The number of rotatable bonds is 4. The quantitative estimate of drug-likeness (QED) is 0.206. The molecule has 0 saturated heterocycles. The van der Waals surface area contributed by atoms with Gasteiger partial charge in [-0.1, -0.05) is 49.5 Å². The zero-order chi connectivity index (χ0) is 29.5. The zero-order valence-electron chi connectivity index (χ0n) is 23.0. The molecule has 2 aliphatic heterocycles. The Bertz CT molecular complexity index is 1910. The van der Waals surface area contributed by atoms with E-state index < -0.39 is 29.6 Å². The molecule has 3 aliphatic rings. The lowest BCUT2D eigenvalue weighted by atomic mass is 9.81. The average Bonchev–Trinajstić information content (AvgIpc) is 3.37. The molecule has 8 nitrogen and oxygen atoms in total. The molecule has 0 spiro atoms. The van der Waals surface area contributed by atoms with E-state index in [9.17, 15) is 19.8 Å². The summed E-state index contributed by atoms with van der Waals surface area (Å²) in [6, 6.07) is 11.4. The second-order valence-electron chi connectivity index (χ2n) is 11.2. The van der Waals surface area contributed by atoms with Crippen LogP contribution in [0.2, 0.25) is 0 Å². The molecule has 4 aromatic rings. The number of aromatic nitrogens is 2. The van der Waals surface area contributed by atoms with Crippen LogP contribution in [0.25, 0.3) is 22.3 Å². The second-order valence-corrected chi connectivity index (χ2v) is 11.6. The Hall–Kier alpha value is -3.99. The van der Waals surface area contributed by atoms with E-state index in [1.54, 1.807) is 44.2 Å². The van der Waals surface area contributed by atoms with E-state index in [0.717, 1.165) is 22.1 Å². The van der Waals surface area contributed by atoms with E-state index >= 15 is 4.39 Å². The van der Waals surface area contributed by atoms with Crippen molar-refractivity contribution in [2.24, 2.45) is 0 Å². The van der Waals surface area contributed by atoms with Crippen molar-refractivity contribution in [2.75, 3.05) is 0 Å². The number of halogens is 1. The van der Waals surface area contributed by atoms with Crippen LogP contribution in [-0.2, 0) is 39.5 Å². The average molecular weight is 586 g/mol. The number of cyclic esters (lactones) is 1. The third kappa shape index (κ3) is 3.71. The number of aliphatic hydroxyl groups excluding tert-OH is 1. The highest BCUT2D eigenvalue weighted by atomic mass is 32.1. The van der Waals surface area contributed by atoms with E-state index in [-0.39, 0.29) is 18.8 Å². The van der Waals surface area contributed by atoms with Gasteiger partial charge >= 0.3 is 5.97 Å². The first-order chi connectivity index (χ1) is 20.1. The molecule has 3 atom stereocenters. The Morgan fingerprint density at radius 1 is 1.26 bits per heavy atom. The number of hydrogen-bond acceptors (Lipinski definition) is 7. The van der Waals surface area contributed by atoms with Gasteiger partial charge in [-0.25, -0.2) is 14.2 Å². The molecular formula is C32H28FN3O5S. The van der Waals surface area contributed by atoms with Crippen LogP contribution in [0, 0.1) is 17.4 Å². The molecule has 1 unspecified atom stereocenters. The highest BCUT2D eigenvalue weighted by molar-refractivity contribution is 7.71. The van der Waals surface area contributed by atoms with Gasteiger partial charge in [-0.05, 0) is 54.5 Å². The summed E-state index contributed by atoms with van der Waals surface area (Å²) in [7, 11) is 0. The van der Waals surface area contributed by atoms with Gasteiger partial charge < -0.3 is 24.8 Å². The topological polar surface area (TPSA) is 114 Å². The van der Waals surface area contributed by atoms with E-state index in [0.29, 0.717) is 63.2 Å². The molecule has 214 valence electrons.